The molecule has 1 aromatic carbocycles. The summed E-state index contributed by atoms with van der Waals surface area (Å²) in [6, 6.07) is 8.46. The smallest absolute Gasteiger partial charge is 0.230 e. The maximum atomic E-state index is 6.03. The molecule has 1 aromatic heterocycles. The van der Waals surface area contributed by atoms with Gasteiger partial charge in [-0.2, -0.15) is 15.0 Å². The molecule has 0 atom stereocenters. The quantitative estimate of drug-likeness (QED) is 0.803. The van der Waals surface area contributed by atoms with Crippen molar-refractivity contribution in [2.75, 3.05) is 18.0 Å². The Morgan fingerprint density at radius 2 is 2.00 bits per heavy atom. The van der Waals surface area contributed by atoms with E-state index in [1.54, 1.807) is 11.8 Å². The average molecular weight is 321 g/mol. The van der Waals surface area contributed by atoms with Crippen molar-refractivity contribution in [2.45, 2.75) is 30.7 Å². The lowest BCUT2D eigenvalue weighted by Crippen LogP contribution is -2.21. The van der Waals surface area contributed by atoms with E-state index in [9.17, 15) is 0 Å². The number of hydrogen-bond acceptors (Lipinski definition) is 5. The highest BCUT2D eigenvalue weighted by Crippen LogP contribution is 2.24. The van der Waals surface area contributed by atoms with Crippen molar-refractivity contribution in [3.63, 3.8) is 0 Å². The van der Waals surface area contributed by atoms with E-state index in [4.69, 9.17) is 11.6 Å². The lowest BCUT2D eigenvalue weighted by Gasteiger charge is -2.15. The summed E-state index contributed by atoms with van der Waals surface area (Å²) < 4.78 is 0. The highest BCUT2D eigenvalue weighted by atomic mass is 35.5. The van der Waals surface area contributed by atoms with E-state index in [1.165, 1.54) is 24.0 Å². The Hall–Kier alpha value is -1.33. The minimum atomic E-state index is 0.277. The Morgan fingerprint density at radius 3 is 2.76 bits per heavy atom. The molecule has 1 saturated heterocycles. The van der Waals surface area contributed by atoms with Gasteiger partial charge >= 0.3 is 0 Å². The van der Waals surface area contributed by atoms with Crippen LogP contribution < -0.4 is 4.90 Å². The molecule has 1 aliphatic heterocycles. The Morgan fingerprint density at radius 1 is 1.19 bits per heavy atom. The van der Waals surface area contributed by atoms with Gasteiger partial charge < -0.3 is 4.90 Å². The van der Waals surface area contributed by atoms with E-state index < -0.39 is 0 Å². The Labute approximate surface area is 134 Å². The molecule has 6 heteroatoms. The summed E-state index contributed by atoms with van der Waals surface area (Å²) in [5, 5.41) is 0.969. The number of thioether (sulfide) groups is 1. The van der Waals surface area contributed by atoms with E-state index >= 15 is 0 Å². The van der Waals surface area contributed by atoms with Crippen LogP contribution in [0.25, 0.3) is 0 Å². The monoisotopic (exact) mass is 320 g/mol. The van der Waals surface area contributed by atoms with Crippen LogP contribution >= 0.6 is 23.4 Å². The Balaban J connectivity index is 1.72. The average Bonchev–Trinajstić information content (AvgIpc) is 2.99. The van der Waals surface area contributed by atoms with E-state index in [-0.39, 0.29) is 5.28 Å². The molecule has 0 spiro atoms. The summed E-state index contributed by atoms with van der Waals surface area (Å²) in [4.78, 5) is 15.2. The van der Waals surface area contributed by atoms with Gasteiger partial charge in [0.05, 0.1) is 0 Å². The van der Waals surface area contributed by atoms with E-state index in [1.807, 2.05) is 0 Å². The summed E-state index contributed by atoms with van der Waals surface area (Å²) >= 11 is 7.63. The van der Waals surface area contributed by atoms with Gasteiger partial charge in [-0.15, -0.1) is 0 Å². The van der Waals surface area contributed by atoms with Gasteiger partial charge in [-0.3, -0.25) is 0 Å². The molecule has 110 valence electrons. The summed E-state index contributed by atoms with van der Waals surface area (Å²) in [6.45, 7) is 4.10. The minimum absolute atomic E-state index is 0.277. The van der Waals surface area contributed by atoms with Crippen LogP contribution in [0.4, 0.5) is 5.95 Å². The summed E-state index contributed by atoms with van der Waals surface area (Å²) in [6.07, 6.45) is 2.38. The Kier molecular flexibility index (Phi) is 4.60. The SMILES string of the molecule is Cc1cccc(CSc2nc(Cl)nc(N3CCCC3)n2)c1. The number of hydrogen-bond donors (Lipinski definition) is 0. The first-order chi connectivity index (χ1) is 10.2. The number of benzene rings is 1. The van der Waals surface area contributed by atoms with Crippen molar-refractivity contribution in [1.82, 2.24) is 15.0 Å². The first kappa shape index (κ1) is 14.6. The fourth-order valence-electron chi connectivity index (χ4n) is 2.39. The van der Waals surface area contributed by atoms with Crippen LogP contribution in [-0.4, -0.2) is 28.0 Å². The predicted octanol–water partition coefficient (Wildman–Crippen LogP) is 3.73. The molecule has 2 heterocycles. The largest absolute Gasteiger partial charge is 0.341 e. The molecule has 0 N–H and O–H groups in total. The van der Waals surface area contributed by atoms with Gasteiger partial charge in [-0.25, -0.2) is 0 Å². The van der Waals surface area contributed by atoms with Gasteiger partial charge in [0, 0.05) is 18.8 Å². The fraction of sp³-hybridized carbons (Fsp3) is 0.400. The van der Waals surface area contributed by atoms with Crippen LogP contribution in [-0.2, 0) is 5.75 Å². The van der Waals surface area contributed by atoms with Gasteiger partial charge in [0.1, 0.15) is 0 Å². The zero-order valence-electron chi connectivity index (χ0n) is 11.9. The van der Waals surface area contributed by atoms with Crippen LogP contribution in [0.1, 0.15) is 24.0 Å². The first-order valence-corrected chi connectivity index (χ1v) is 8.42. The van der Waals surface area contributed by atoms with Gasteiger partial charge in [-0.05, 0) is 36.9 Å². The van der Waals surface area contributed by atoms with Crippen LogP contribution in [0.5, 0.6) is 0 Å². The van der Waals surface area contributed by atoms with Crippen molar-refractivity contribution in [3.8, 4) is 0 Å². The minimum Gasteiger partial charge on any atom is -0.341 e. The van der Waals surface area contributed by atoms with Gasteiger partial charge in [0.25, 0.3) is 0 Å². The number of aromatic nitrogens is 3. The van der Waals surface area contributed by atoms with Crippen molar-refractivity contribution in [1.29, 1.82) is 0 Å². The van der Waals surface area contributed by atoms with E-state index in [0.717, 1.165) is 18.8 Å². The summed E-state index contributed by atoms with van der Waals surface area (Å²) in [5.74, 6) is 1.54. The highest BCUT2D eigenvalue weighted by molar-refractivity contribution is 7.98. The molecule has 21 heavy (non-hydrogen) atoms. The predicted molar refractivity (Wildman–Crippen MR) is 87.0 cm³/mol. The van der Waals surface area contributed by atoms with E-state index in [2.05, 4.69) is 51.0 Å². The maximum absolute atomic E-state index is 6.03. The van der Waals surface area contributed by atoms with Gasteiger partial charge in [-0.1, -0.05) is 41.6 Å². The normalized spacial score (nSPS) is 14.7. The molecule has 0 unspecified atom stereocenters. The van der Waals surface area contributed by atoms with Crippen LogP contribution in [0.2, 0.25) is 5.28 Å². The van der Waals surface area contributed by atoms with Crippen molar-refractivity contribution < 1.29 is 0 Å². The molecule has 0 radical (unpaired) electrons. The third kappa shape index (κ3) is 3.86. The van der Waals surface area contributed by atoms with E-state index in [0.29, 0.717) is 11.1 Å². The Bertz CT molecular complexity index is 629. The lowest BCUT2D eigenvalue weighted by molar-refractivity contribution is 0.826. The molecule has 1 fully saturated rings. The second kappa shape index (κ2) is 6.62. The fourth-order valence-corrected chi connectivity index (χ4v) is 3.37. The highest BCUT2D eigenvalue weighted by Gasteiger charge is 2.17. The molecule has 4 nitrogen and oxygen atoms in total. The zero-order valence-corrected chi connectivity index (χ0v) is 13.5. The third-order valence-electron chi connectivity index (χ3n) is 3.42. The molecule has 2 aromatic rings. The summed E-state index contributed by atoms with van der Waals surface area (Å²) in [7, 11) is 0. The number of aryl methyl sites for hydroxylation is 1. The standard InChI is InChI=1S/C15H17ClN4S/c1-11-5-4-6-12(9-11)10-21-15-18-13(16)17-14(19-15)20-7-2-3-8-20/h4-6,9H,2-3,7-8,10H2,1H3. The second-order valence-corrected chi connectivity index (χ2v) is 6.44. The van der Waals surface area contributed by atoms with Crippen molar-refractivity contribution >= 4 is 29.3 Å². The van der Waals surface area contributed by atoms with Crippen LogP contribution in [0.15, 0.2) is 29.4 Å². The second-order valence-electron chi connectivity index (χ2n) is 5.16. The molecule has 0 amide bonds. The topological polar surface area (TPSA) is 41.9 Å². The zero-order chi connectivity index (χ0) is 14.7. The number of anilines is 1. The van der Waals surface area contributed by atoms with Crippen molar-refractivity contribution in [3.05, 3.63) is 40.7 Å². The van der Waals surface area contributed by atoms with Crippen LogP contribution in [0, 0.1) is 6.92 Å². The third-order valence-corrected chi connectivity index (χ3v) is 4.50. The molecule has 0 saturated carbocycles. The lowest BCUT2D eigenvalue weighted by atomic mass is 10.2. The number of nitrogens with zero attached hydrogens (tertiary/aromatic N) is 4. The molecular formula is C15H17ClN4S. The summed E-state index contributed by atoms with van der Waals surface area (Å²) in [5.41, 5.74) is 2.53. The van der Waals surface area contributed by atoms with Gasteiger partial charge in [0.2, 0.25) is 11.2 Å². The molecule has 1 aliphatic rings. The molecular weight excluding hydrogens is 304 g/mol. The van der Waals surface area contributed by atoms with Crippen molar-refractivity contribution in [2.24, 2.45) is 0 Å². The van der Waals surface area contributed by atoms with Gasteiger partial charge in [0.15, 0.2) is 5.16 Å². The maximum Gasteiger partial charge on any atom is 0.230 e. The molecule has 0 bridgehead atoms. The van der Waals surface area contributed by atoms with Crippen LogP contribution in [0.3, 0.4) is 0 Å². The first-order valence-electron chi connectivity index (χ1n) is 7.05. The number of rotatable bonds is 4. The molecule has 0 aliphatic carbocycles. The number of halogens is 1. The molecule has 3 rings (SSSR count).